The summed E-state index contributed by atoms with van der Waals surface area (Å²) >= 11 is 0. The Bertz CT molecular complexity index is 1190. The number of anilines is 1. The number of ether oxygens (including phenoxy) is 2. The van der Waals surface area contributed by atoms with Crippen LogP contribution in [0.15, 0.2) is 66.6 Å². The van der Waals surface area contributed by atoms with Gasteiger partial charge in [-0.15, -0.1) is 0 Å². The lowest BCUT2D eigenvalue weighted by Gasteiger charge is -2.12. The first-order valence-corrected chi connectivity index (χ1v) is 10.8. The van der Waals surface area contributed by atoms with E-state index in [0.29, 0.717) is 25.2 Å². The van der Waals surface area contributed by atoms with Crippen LogP contribution in [-0.2, 0) is 24.0 Å². The highest BCUT2D eigenvalue weighted by Crippen LogP contribution is 2.42. The van der Waals surface area contributed by atoms with Gasteiger partial charge in [0, 0.05) is 31.2 Å². The number of hydrogen-bond donors (Lipinski definition) is 2. The van der Waals surface area contributed by atoms with Gasteiger partial charge < -0.3 is 19.9 Å². The normalized spacial score (nSPS) is 13.8. The van der Waals surface area contributed by atoms with Gasteiger partial charge in [0.15, 0.2) is 0 Å². The van der Waals surface area contributed by atoms with Crippen LogP contribution in [0.5, 0.6) is 5.75 Å². The summed E-state index contributed by atoms with van der Waals surface area (Å²) in [5.41, 5.74) is 6.88. The average Bonchev–Trinajstić information content (AvgIpc) is 3.02. The minimum atomic E-state index is -1.26. The van der Waals surface area contributed by atoms with E-state index in [1.807, 2.05) is 30.3 Å². The van der Waals surface area contributed by atoms with Gasteiger partial charge in [-0.25, -0.2) is 9.78 Å². The molecular formula is C26H24N2O4. The molecular weight excluding hydrogens is 404 g/mol. The smallest absolute Gasteiger partial charge is 0.494 e. The van der Waals surface area contributed by atoms with E-state index in [-0.39, 0.29) is 0 Å². The molecule has 0 fully saturated rings. The van der Waals surface area contributed by atoms with Crippen molar-refractivity contribution in [1.82, 2.24) is 4.98 Å². The molecule has 0 spiro atoms. The minimum Gasteiger partial charge on any atom is -0.494 e. The van der Waals surface area contributed by atoms with Crippen LogP contribution in [0.3, 0.4) is 0 Å². The Hall–Kier alpha value is -3.80. The van der Waals surface area contributed by atoms with Crippen molar-refractivity contribution < 1.29 is 19.4 Å². The highest BCUT2D eigenvalue weighted by molar-refractivity contribution is 5.82. The second kappa shape index (κ2) is 8.75. The van der Waals surface area contributed by atoms with Gasteiger partial charge in [-0.3, -0.25) is 0 Å². The second-order valence-electron chi connectivity index (χ2n) is 8.03. The zero-order valence-corrected chi connectivity index (χ0v) is 17.6. The molecule has 3 aromatic rings. The summed E-state index contributed by atoms with van der Waals surface area (Å²) in [7, 11) is 0. The summed E-state index contributed by atoms with van der Waals surface area (Å²) in [6.45, 7) is 1.40. The first-order valence-electron chi connectivity index (χ1n) is 10.8. The molecule has 1 aromatic heterocycles. The standard InChI is InChI=1S/C26H24N2O4/c29-26(30)32-23-16-19-6-3-5-18-13-20-14-21(9-8-17(20)15-22(23)25(18)19)31-12-4-11-28-24-7-1-2-10-27-24/h1-3,5-10,14H,4,11-13,15-16H2,(H,27,28)(H,29,30). The number of carboxylic acid groups (broad SMARTS) is 1. The third-order valence-electron chi connectivity index (χ3n) is 5.92. The van der Waals surface area contributed by atoms with E-state index in [2.05, 4.69) is 34.6 Å². The van der Waals surface area contributed by atoms with Crippen molar-refractivity contribution in [2.45, 2.75) is 25.7 Å². The van der Waals surface area contributed by atoms with Gasteiger partial charge in [0.2, 0.25) is 0 Å². The van der Waals surface area contributed by atoms with Gasteiger partial charge in [-0.2, -0.15) is 0 Å². The summed E-state index contributed by atoms with van der Waals surface area (Å²) in [4.78, 5) is 15.4. The van der Waals surface area contributed by atoms with Crippen LogP contribution in [0, 0.1) is 0 Å². The molecule has 0 unspecified atom stereocenters. The molecule has 0 atom stereocenters. The number of pyridine rings is 1. The molecule has 2 aliphatic carbocycles. The van der Waals surface area contributed by atoms with E-state index in [9.17, 15) is 4.79 Å². The zero-order chi connectivity index (χ0) is 21.9. The maximum Gasteiger partial charge on any atom is 0.511 e. The van der Waals surface area contributed by atoms with Crippen molar-refractivity contribution in [2.75, 3.05) is 18.5 Å². The van der Waals surface area contributed by atoms with Gasteiger partial charge in [0.1, 0.15) is 17.3 Å². The van der Waals surface area contributed by atoms with Crippen LogP contribution >= 0.6 is 0 Å². The van der Waals surface area contributed by atoms with Gasteiger partial charge in [0.25, 0.3) is 0 Å². The monoisotopic (exact) mass is 428 g/mol. The van der Waals surface area contributed by atoms with E-state index >= 15 is 0 Å². The number of nitrogens with zero attached hydrogens (tertiary/aromatic N) is 1. The quantitative estimate of drug-likeness (QED) is 0.404. The van der Waals surface area contributed by atoms with E-state index in [1.54, 1.807) is 6.20 Å². The predicted octanol–water partition coefficient (Wildman–Crippen LogP) is 5.07. The molecule has 1 heterocycles. The van der Waals surface area contributed by atoms with Crippen molar-refractivity contribution in [3.8, 4) is 5.75 Å². The molecule has 162 valence electrons. The molecule has 0 saturated carbocycles. The molecule has 2 N–H and O–H groups in total. The van der Waals surface area contributed by atoms with Gasteiger partial charge in [-0.05, 0) is 64.9 Å². The molecule has 6 nitrogen and oxygen atoms in total. The minimum absolute atomic E-state index is 0.536. The Balaban J connectivity index is 1.29. The summed E-state index contributed by atoms with van der Waals surface area (Å²) in [6, 6.07) is 18.2. The van der Waals surface area contributed by atoms with E-state index in [1.165, 1.54) is 16.7 Å². The highest BCUT2D eigenvalue weighted by Gasteiger charge is 2.29. The van der Waals surface area contributed by atoms with Crippen molar-refractivity contribution in [2.24, 2.45) is 0 Å². The van der Waals surface area contributed by atoms with Gasteiger partial charge >= 0.3 is 6.16 Å². The topological polar surface area (TPSA) is 80.7 Å². The SMILES string of the molecule is O=C(O)OC1=C2Cc3ccc(OCCCNc4ccccn4)cc3Cc3cccc(c32)C1. The Morgan fingerprint density at radius 1 is 0.969 bits per heavy atom. The summed E-state index contributed by atoms with van der Waals surface area (Å²) in [5.74, 6) is 2.27. The predicted molar refractivity (Wildman–Crippen MR) is 122 cm³/mol. The van der Waals surface area contributed by atoms with Gasteiger partial charge in [0.05, 0.1) is 6.61 Å². The third-order valence-corrected chi connectivity index (χ3v) is 5.92. The number of aromatic nitrogens is 1. The first kappa shape index (κ1) is 20.1. The molecule has 2 aliphatic rings. The fourth-order valence-electron chi connectivity index (χ4n) is 4.52. The molecule has 0 saturated heterocycles. The molecule has 0 aliphatic heterocycles. The second-order valence-corrected chi connectivity index (χ2v) is 8.03. The number of fused-ring (bicyclic) bond motifs is 1. The van der Waals surface area contributed by atoms with Crippen molar-refractivity contribution in [3.63, 3.8) is 0 Å². The maximum absolute atomic E-state index is 11.2. The average molecular weight is 428 g/mol. The van der Waals surface area contributed by atoms with Crippen LogP contribution in [0.25, 0.3) is 5.57 Å². The third kappa shape index (κ3) is 4.17. The zero-order valence-electron chi connectivity index (χ0n) is 17.6. The van der Waals surface area contributed by atoms with Crippen LogP contribution < -0.4 is 10.1 Å². The Morgan fingerprint density at radius 2 is 1.84 bits per heavy atom. The highest BCUT2D eigenvalue weighted by atomic mass is 16.7. The number of rotatable bonds is 7. The number of carbonyl (C=O) groups is 1. The van der Waals surface area contributed by atoms with Gasteiger partial charge in [-0.1, -0.05) is 30.3 Å². The molecule has 5 rings (SSSR count). The lowest BCUT2D eigenvalue weighted by Crippen LogP contribution is -2.08. The number of allylic oxidation sites excluding steroid dienone is 2. The maximum atomic E-state index is 11.2. The van der Waals surface area contributed by atoms with Crippen LogP contribution in [-0.4, -0.2) is 29.4 Å². The lowest BCUT2D eigenvalue weighted by molar-refractivity contribution is 0.118. The lowest BCUT2D eigenvalue weighted by atomic mass is 9.97. The van der Waals surface area contributed by atoms with Crippen LogP contribution in [0.1, 0.15) is 34.2 Å². The Morgan fingerprint density at radius 3 is 2.66 bits per heavy atom. The van der Waals surface area contributed by atoms with Crippen LogP contribution in [0.2, 0.25) is 0 Å². The fraction of sp³-hybridized carbons (Fsp3) is 0.231. The fourth-order valence-corrected chi connectivity index (χ4v) is 4.52. The first-order chi connectivity index (χ1) is 15.7. The number of benzene rings is 2. The van der Waals surface area contributed by atoms with E-state index in [0.717, 1.165) is 47.7 Å². The van der Waals surface area contributed by atoms with E-state index < -0.39 is 6.16 Å². The summed E-state index contributed by atoms with van der Waals surface area (Å²) in [6.07, 6.45) is 3.37. The largest absolute Gasteiger partial charge is 0.511 e. The molecule has 0 amide bonds. The van der Waals surface area contributed by atoms with Crippen molar-refractivity contribution in [1.29, 1.82) is 0 Å². The molecule has 6 heteroatoms. The Kier molecular flexibility index (Phi) is 5.50. The van der Waals surface area contributed by atoms with Crippen molar-refractivity contribution >= 4 is 17.5 Å². The Labute approximate surface area is 186 Å². The summed E-state index contributed by atoms with van der Waals surface area (Å²) < 4.78 is 11.2. The number of hydrogen-bond acceptors (Lipinski definition) is 5. The molecule has 2 aromatic carbocycles. The molecule has 0 bridgehead atoms. The summed E-state index contributed by atoms with van der Waals surface area (Å²) in [5, 5.41) is 12.4. The number of nitrogens with one attached hydrogen (secondary N) is 1. The van der Waals surface area contributed by atoms with Crippen molar-refractivity contribution in [3.05, 3.63) is 94.4 Å². The van der Waals surface area contributed by atoms with Crippen LogP contribution in [0.4, 0.5) is 10.6 Å². The van der Waals surface area contributed by atoms with E-state index in [4.69, 9.17) is 14.6 Å². The molecule has 32 heavy (non-hydrogen) atoms. The molecule has 0 radical (unpaired) electrons.